The van der Waals surface area contributed by atoms with Crippen molar-refractivity contribution in [1.29, 1.82) is 0 Å². The fourth-order valence-corrected chi connectivity index (χ4v) is 2.09. The number of H-pyrrole nitrogens is 1. The van der Waals surface area contributed by atoms with Gasteiger partial charge in [0.25, 0.3) is 0 Å². The summed E-state index contributed by atoms with van der Waals surface area (Å²) in [6, 6.07) is 1.92. The minimum Gasteiger partial charge on any atom is -0.361 e. The zero-order valence-corrected chi connectivity index (χ0v) is 12.7. The standard InChI is InChI=1S/C14H22N6O/c1-4-12-11(13(5-2)21-20-12)9-17-14(15-3)16-8-10-6-7-18-19-10/h6-7H,4-5,8-9H2,1-3H3,(H,18,19)(H2,15,16,17). The van der Waals surface area contributed by atoms with Crippen molar-refractivity contribution in [3.8, 4) is 0 Å². The molecule has 0 aliphatic carbocycles. The Morgan fingerprint density at radius 1 is 1.29 bits per heavy atom. The van der Waals surface area contributed by atoms with Crippen LogP contribution in [0.2, 0.25) is 0 Å². The molecule has 114 valence electrons. The molecule has 0 amide bonds. The van der Waals surface area contributed by atoms with Crippen molar-refractivity contribution in [1.82, 2.24) is 26.0 Å². The molecular weight excluding hydrogens is 268 g/mol. The fraction of sp³-hybridized carbons (Fsp3) is 0.500. The van der Waals surface area contributed by atoms with Gasteiger partial charge in [-0.3, -0.25) is 10.1 Å². The Hall–Kier alpha value is -2.31. The molecule has 0 spiro atoms. The van der Waals surface area contributed by atoms with Crippen molar-refractivity contribution in [2.24, 2.45) is 4.99 Å². The Morgan fingerprint density at radius 3 is 2.71 bits per heavy atom. The molecule has 0 aromatic carbocycles. The second-order valence-electron chi connectivity index (χ2n) is 4.60. The molecule has 0 fully saturated rings. The minimum absolute atomic E-state index is 0.643. The molecule has 0 saturated carbocycles. The van der Waals surface area contributed by atoms with Crippen LogP contribution >= 0.6 is 0 Å². The number of hydrogen-bond acceptors (Lipinski definition) is 4. The van der Waals surface area contributed by atoms with Gasteiger partial charge in [-0.15, -0.1) is 0 Å². The van der Waals surface area contributed by atoms with Gasteiger partial charge in [-0.1, -0.05) is 19.0 Å². The smallest absolute Gasteiger partial charge is 0.191 e. The van der Waals surface area contributed by atoms with Crippen LogP contribution in [0.3, 0.4) is 0 Å². The monoisotopic (exact) mass is 290 g/mol. The molecule has 3 N–H and O–H groups in total. The quantitative estimate of drug-likeness (QED) is 0.552. The molecule has 2 aromatic heterocycles. The number of rotatable bonds is 6. The van der Waals surface area contributed by atoms with Crippen LogP contribution in [0.1, 0.15) is 36.6 Å². The summed E-state index contributed by atoms with van der Waals surface area (Å²) in [5, 5.41) is 17.4. The highest BCUT2D eigenvalue weighted by Gasteiger charge is 2.13. The predicted molar refractivity (Wildman–Crippen MR) is 80.9 cm³/mol. The molecule has 0 atom stereocenters. The molecular formula is C14H22N6O. The predicted octanol–water partition coefficient (Wildman–Crippen LogP) is 1.39. The van der Waals surface area contributed by atoms with Crippen molar-refractivity contribution < 1.29 is 4.52 Å². The topological polar surface area (TPSA) is 91.1 Å². The van der Waals surface area contributed by atoms with E-state index in [2.05, 4.69) is 44.8 Å². The van der Waals surface area contributed by atoms with Crippen molar-refractivity contribution in [2.75, 3.05) is 7.05 Å². The number of nitrogens with one attached hydrogen (secondary N) is 3. The van der Waals surface area contributed by atoms with Crippen molar-refractivity contribution in [2.45, 2.75) is 39.8 Å². The van der Waals surface area contributed by atoms with Gasteiger partial charge in [0.05, 0.1) is 17.9 Å². The SMILES string of the molecule is CCc1noc(CC)c1CNC(=NC)NCc1ccn[nH]1. The molecule has 0 saturated heterocycles. The number of aliphatic imine (C=N–C) groups is 1. The molecule has 0 aliphatic rings. The fourth-order valence-electron chi connectivity index (χ4n) is 2.09. The van der Waals surface area contributed by atoms with Crippen LogP contribution < -0.4 is 10.6 Å². The minimum atomic E-state index is 0.643. The van der Waals surface area contributed by atoms with Crippen LogP contribution in [0, 0.1) is 0 Å². The van der Waals surface area contributed by atoms with Gasteiger partial charge in [-0.2, -0.15) is 5.10 Å². The molecule has 0 bridgehead atoms. The Morgan fingerprint density at radius 2 is 2.10 bits per heavy atom. The van der Waals surface area contributed by atoms with Crippen LogP contribution in [0.15, 0.2) is 21.8 Å². The first-order chi connectivity index (χ1) is 10.3. The normalized spacial score (nSPS) is 11.7. The van der Waals surface area contributed by atoms with Gasteiger partial charge in [-0.05, 0) is 12.5 Å². The van der Waals surface area contributed by atoms with Gasteiger partial charge in [-0.25, -0.2) is 0 Å². The lowest BCUT2D eigenvalue weighted by Gasteiger charge is -2.11. The summed E-state index contributed by atoms with van der Waals surface area (Å²) in [4.78, 5) is 4.21. The average molecular weight is 290 g/mol. The molecule has 2 rings (SSSR count). The van der Waals surface area contributed by atoms with E-state index >= 15 is 0 Å². The van der Waals surface area contributed by atoms with Crippen LogP contribution in [-0.4, -0.2) is 28.4 Å². The molecule has 7 nitrogen and oxygen atoms in total. The van der Waals surface area contributed by atoms with Gasteiger partial charge in [0.15, 0.2) is 5.96 Å². The van der Waals surface area contributed by atoms with E-state index in [0.29, 0.717) is 13.1 Å². The maximum absolute atomic E-state index is 5.36. The van der Waals surface area contributed by atoms with E-state index in [4.69, 9.17) is 4.52 Å². The Labute approximate surface area is 124 Å². The molecule has 0 radical (unpaired) electrons. The van der Waals surface area contributed by atoms with Gasteiger partial charge in [0.2, 0.25) is 0 Å². The molecule has 7 heteroatoms. The maximum atomic E-state index is 5.36. The maximum Gasteiger partial charge on any atom is 0.191 e. The highest BCUT2D eigenvalue weighted by atomic mass is 16.5. The van der Waals surface area contributed by atoms with E-state index in [1.807, 2.05) is 6.07 Å². The molecule has 2 heterocycles. The molecule has 0 unspecified atom stereocenters. The van der Waals surface area contributed by atoms with Crippen LogP contribution in [0.5, 0.6) is 0 Å². The molecule has 21 heavy (non-hydrogen) atoms. The lowest BCUT2D eigenvalue weighted by Crippen LogP contribution is -2.36. The number of aryl methyl sites for hydroxylation is 2. The first-order valence-electron chi connectivity index (χ1n) is 7.17. The second-order valence-corrected chi connectivity index (χ2v) is 4.60. The van der Waals surface area contributed by atoms with Crippen LogP contribution in [0.25, 0.3) is 0 Å². The third-order valence-corrected chi connectivity index (χ3v) is 3.27. The third kappa shape index (κ3) is 3.84. The van der Waals surface area contributed by atoms with E-state index in [-0.39, 0.29) is 0 Å². The number of aromatic nitrogens is 3. The second kappa shape index (κ2) is 7.47. The molecule has 2 aromatic rings. The average Bonchev–Trinajstić information content (AvgIpc) is 3.16. The van der Waals surface area contributed by atoms with Crippen molar-refractivity contribution >= 4 is 5.96 Å². The lowest BCUT2D eigenvalue weighted by molar-refractivity contribution is 0.380. The molecule has 0 aliphatic heterocycles. The highest BCUT2D eigenvalue weighted by molar-refractivity contribution is 5.79. The first kappa shape index (κ1) is 15.1. The number of hydrogen-bond donors (Lipinski definition) is 3. The number of aromatic amines is 1. The van der Waals surface area contributed by atoms with Gasteiger partial charge >= 0.3 is 0 Å². The third-order valence-electron chi connectivity index (χ3n) is 3.27. The van der Waals surface area contributed by atoms with Gasteiger partial charge in [0, 0.05) is 31.8 Å². The Bertz CT molecular complexity index is 551. The van der Waals surface area contributed by atoms with Crippen LogP contribution in [0.4, 0.5) is 0 Å². The zero-order valence-electron chi connectivity index (χ0n) is 12.7. The van der Waals surface area contributed by atoms with E-state index in [0.717, 1.165) is 41.5 Å². The summed E-state index contributed by atoms with van der Waals surface area (Å²) in [6.07, 6.45) is 3.43. The van der Waals surface area contributed by atoms with Gasteiger partial charge in [0.1, 0.15) is 5.76 Å². The summed E-state index contributed by atoms with van der Waals surface area (Å²) in [7, 11) is 1.75. The first-order valence-corrected chi connectivity index (χ1v) is 7.17. The van der Waals surface area contributed by atoms with Gasteiger partial charge < -0.3 is 15.2 Å². The summed E-state index contributed by atoms with van der Waals surface area (Å²) < 4.78 is 5.36. The largest absolute Gasteiger partial charge is 0.361 e. The summed E-state index contributed by atoms with van der Waals surface area (Å²) >= 11 is 0. The highest BCUT2D eigenvalue weighted by Crippen LogP contribution is 2.15. The van der Waals surface area contributed by atoms with E-state index in [1.54, 1.807) is 13.2 Å². The van der Waals surface area contributed by atoms with E-state index in [1.165, 1.54) is 0 Å². The summed E-state index contributed by atoms with van der Waals surface area (Å²) in [5.41, 5.74) is 3.14. The lowest BCUT2D eigenvalue weighted by atomic mass is 10.1. The zero-order chi connectivity index (χ0) is 15.1. The number of nitrogens with zero attached hydrogens (tertiary/aromatic N) is 3. The Balaban J connectivity index is 1.92. The van der Waals surface area contributed by atoms with Crippen LogP contribution in [-0.2, 0) is 25.9 Å². The van der Waals surface area contributed by atoms with E-state index in [9.17, 15) is 0 Å². The Kier molecular flexibility index (Phi) is 5.36. The summed E-state index contributed by atoms with van der Waals surface area (Å²) in [5.74, 6) is 1.67. The summed E-state index contributed by atoms with van der Waals surface area (Å²) in [6.45, 7) is 5.43. The number of guanidine groups is 1. The van der Waals surface area contributed by atoms with Crippen molar-refractivity contribution in [3.63, 3.8) is 0 Å². The van der Waals surface area contributed by atoms with E-state index < -0.39 is 0 Å². The van der Waals surface area contributed by atoms with Crippen molar-refractivity contribution in [3.05, 3.63) is 35.0 Å².